The topological polar surface area (TPSA) is 159 Å². The van der Waals surface area contributed by atoms with E-state index in [1.807, 2.05) is 4.90 Å². The molecule has 0 bridgehead atoms. The summed E-state index contributed by atoms with van der Waals surface area (Å²) in [5, 5.41) is 20.6. The lowest BCUT2D eigenvalue weighted by Gasteiger charge is -2.31. The molecular weight excluding hydrogens is 458 g/mol. The molecule has 2 aromatic rings. The van der Waals surface area contributed by atoms with E-state index in [9.17, 15) is 19.5 Å². The summed E-state index contributed by atoms with van der Waals surface area (Å²) in [6.45, 7) is 4.76. The summed E-state index contributed by atoms with van der Waals surface area (Å²) >= 11 is 1.10. The number of nitrogens with two attached hydrogens (primary N) is 1. The van der Waals surface area contributed by atoms with Crippen molar-refractivity contribution in [2.24, 2.45) is 17.1 Å². The lowest BCUT2D eigenvalue weighted by atomic mass is 9.92. The predicted octanol–water partition coefficient (Wildman–Crippen LogP) is 2.32. The number of carboxylic acids is 1. The van der Waals surface area contributed by atoms with Gasteiger partial charge in [-0.15, -0.1) is 0 Å². The molecule has 10 nitrogen and oxygen atoms in total. The van der Waals surface area contributed by atoms with Crippen molar-refractivity contribution in [1.82, 2.24) is 10.3 Å². The fraction of sp³-hybridized carbons (Fsp3) is 0.435. The first kappa shape index (κ1) is 25.2. The number of hydrogen-bond acceptors (Lipinski definition) is 8. The maximum Gasteiger partial charge on any atom is 0.348 e. The first-order chi connectivity index (χ1) is 16.0. The van der Waals surface area contributed by atoms with Gasteiger partial charge in [-0.25, -0.2) is 9.78 Å². The van der Waals surface area contributed by atoms with Crippen LogP contribution < -0.4 is 16.0 Å². The molecular formula is C23H29N5O5S. The molecule has 0 saturated carbocycles. The normalized spacial score (nSPS) is 14.5. The monoisotopic (exact) mass is 487 g/mol. The van der Waals surface area contributed by atoms with Gasteiger partial charge in [0.05, 0.1) is 18.2 Å². The van der Waals surface area contributed by atoms with Crippen molar-refractivity contribution in [1.29, 1.82) is 5.41 Å². The number of carbonyl (C=O) groups is 3. The van der Waals surface area contributed by atoms with Crippen LogP contribution in [-0.2, 0) is 14.3 Å². The van der Waals surface area contributed by atoms with Gasteiger partial charge in [0.2, 0.25) is 5.91 Å². The van der Waals surface area contributed by atoms with Crippen molar-refractivity contribution in [2.75, 3.05) is 31.6 Å². The summed E-state index contributed by atoms with van der Waals surface area (Å²) in [5.41, 5.74) is 6.23. The van der Waals surface area contributed by atoms with Gasteiger partial charge in [-0.1, -0.05) is 35.6 Å². The number of carboxylic acid groups (broad SMARTS) is 1. The lowest BCUT2D eigenvalue weighted by Crippen LogP contribution is -2.45. The van der Waals surface area contributed by atoms with Gasteiger partial charge in [0.15, 0.2) is 5.13 Å². The number of anilines is 1. The number of aromatic nitrogens is 1. The minimum absolute atomic E-state index is 0.0651. The van der Waals surface area contributed by atoms with Crippen LogP contribution in [0.2, 0.25) is 0 Å². The molecule has 2 heterocycles. The predicted molar refractivity (Wildman–Crippen MR) is 129 cm³/mol. The van der Waals surface area contributed by atoms with E-state index >= 15 is 0 Å². The van der Waals surface area contributed by atoms with Crippen LogP contribution in [0.4, 0.5) is 5.13 Å². The zero-order valence-electron chi connectivity index (χ0n) is 19.4. The molecule has 1 aliphatic heterocycles. The average Bonchev–Trinajstić information content (AvgIpc) is 3.28. The highest BCUT2D eigenvalue weighted by atomic mass is 32.1. The van der Waals surface area contributed by atoms with Gasteiger partial charge >= 0.3 is 11.9 Å². The highest BCUT2D eigenvalue weighted by Crippen LogP contribution is 2.35. The summed E-state index contributed by atoms with van der Waals surface area (Å²) in [4.78, 5) is 43.0. The van der Waals surface area contributed by atoms with Crippen LogP contribution in [0.25, 0.3) is 11.3 Å². The Morgan fingerprint density at radius 1 is 1.26 bits per heavy atom. The molecule has 1 fully saturated rings. The number of rotatable bonds is 8. The number of ether oxygens (including phenoxy) is 1. The third-order valence-electron chi connectivity index (χ3n) is 5.86. The number of methoxy groups -OCH3 is 1. The molecule has 1 saturated heterocycles. The third kappa shape index (κ3) is 5.53. The summed E-state index contributed by atoms with van der Waals surface area (Å²) in [7, 11) is 1.32. The number of amidine groups is 1. The molecule has 0 aliphatic carbocycles. The van der Waals surface area contributed by atoms with Crippen LogP contribution in [0.3, 0.4) is 0 Å². The molecule has 0 atom stereocenters. The first-order valence-electron chi connectivity index (χ1n) is 10.8. The van der Waals surface area contributed by atoms with Crippen LogP contribution in [0.15, 0.2) is 24.3 Å². The standard InChI is InChI=1S/C23H29N5O5S/c1-23(2,21(32)33-3)12-26-19(29)15-8-10-28(11-9-15)22-27-16(17(34-22)20(30)31)13-4-6-14(7-5-13)18(24)25/h4-7,15H,8-12H2,1-3H3,(H3,24,25)(H,26,29)(H,30,31). The number of aromatic carboxylic acids is 1. The Morgan fingerprint density at radius 3 is 2.41 bits per heavy atom. The van der Waals surface area contributed by atoms with Crippen molar-refractivity contribution in [3.63, 3.8) is 0 Å². The van der Waals surface area contributed by atoms with Crippen molar-refractivity contribution in [2.45, 2.75) is 26.7 Å². The molecule has 1 aromatic heterocycles. The van der Waals surface area contributed by atoms with Crippen LogP contribution in [0.5, 0.6) is 0 Å². The lowest BCUT2D eigenvalue weighted by molar-refractivity contribution is -0.150. The number of nitrogens with one attached hydrogen (secondary N) is 2. The van der Waals surface area contributed by atoms with Gasteiger partial charge < -0.3 is 25.8 Å². The van der Waals surface area contributed by atoms with Crippen molar-refractivity contribution in [3.8, 4) is 11.3 Å². The number of hydrogen-bond donors (Lipinski definition) is 4. The first-order valence-corrected chi connectivity index (χ1v) is 11.6. The molecule has 1 amide bonds. The molecule has 34 heavy (non-hydrogen) atoms. The fourth-order valence-corrected chi connectivity index (χ4v) is 4.70. The summed E-state index contributed by atoms with van der Waals surface area (Å²) in [5.74, 6) is -1.80. The zero-order chi connectivity index (χ0) is 25.0. The minimum Gasteiger partial charge on any atom is -0.477 e. The van der Waals surface area contributed by atoms with E-state index in [4.69, 9.17) is 15.9 Å². The number of piperidine rings is 1. The number of nitrogen functional groups attached to an aromatic ring is 1. The van der Waals surface area contributed by atoms with Gasteiger partial charge in [-0.2, -0.15) is 0 Å². The maximum atomic E-state index is 12.6. The molecule has 0 radical (unpaired) electrons. The molecule has 182 valence electrons. The van der Waals surface area contributed by atoms with Crippen molar-refractivity contribution >= 4 is 40.1 Å². The minimum atomic E-state index is -1.06. The van der Waals surface area contributed by atoms with E-state index in [1.54, 1.807) is 38.1 Å². The highest BCUT2D eigenvalue weighted by molar-refractivity contribution is 7.17. The Bertz CT molecular complexity index is 1090. The average molecular weight is 488 g/mol. The Hall–Kier alpha value is -3.47. The third-order valence-corrected chi connectivity index (χ3v) is 6.96. The van der Waals surface area contributed by atoms with Crippen molar-refractivity contribution in [3.05, 3.63) is 34.7 Å². The summed E-state index contributed by atoms with van der Waals surface area (Å²) < 4.78 is 4.77. The maximum absolute atomic E-state index is 12.6. The van der Waals surface area contributed by atoms with E-state index in [2.05, 4.69) is 10.3 Å². The Morgan fingerprint density at radius 2 is 1.88 bits per heavy atom. The zero-order valence-corrected chi connectivity index (χ0v) is 20.2. The number of esters is 1. The number of nitrogens with zero attached hydrogens (tertiary/aromatic N) is 2. The Balaban J connectivity index is 1.66. The van der Waals surface area contributed by atoms with Crippen LogP contribution >= 0.6 is 11.3 Å². The molecule has 1 aliphatic rings. The molecule has 11 heteroatoms. The van der Waals surface area contributed by atoms with Gasteiger partial charge in [-0.05, 0) is 26.7 Å². The number of carbonyl (C=O) groups excluding carboxylic acids is 2. The van der Waals surface area contributed by atoms with Crippen molar-refractivity contribution < 1.29 is 24.2 Å². The molecule has 5 N–H and O–H groups in total. The van der Waals surface area contributed by atoms with Crippen LogP contribution in [-0.4, -0.2) is 60.5 Å². The smallest absolute Gasteiger partial charge is 0.348 e. The number of amides is 1. The van der Waals surface area contributed by atoms with E-state index in [0.717, 1.165) is 11.3 Å². The fourth-order valence-electron chi connectivity index (χ4n) is 3.73. The van der Waals surface area contributed by atoms with Gasteiger partial charge in [0.25, 0.3) is 0 Å². The SMILES string of the molecule is COC(=O)C(C)(C)CNC(=O)C1CCN(c2nc(-c3ccc(C(=N)N)cc3)c(C(=O)O)s2)CC1. The van der Waals surface area contributed by atoms with E-state index < -0.39 is 11.4 Å². The quantitative estimate of drug-likeness (QED) is 0.251. The van der Waals surface area contributed by atoms with Gasteiger partial charge in [0, 0.05) is 36.7 Å². The molecule has 0 unspecified atom stereocenters. The van der Waals surface area contributed by atoms with E-state index in [1.165, 1.54) is 7.11 Å². The second-order valence-electron chi connectivity index (χ2n) is 8.82. The summed E-state index contributed by atoms with van der Waals surface area (Å²) in [6, 6.07) is 6.73. The summed E-state index contributed by atoms with van der Waals surface area (Å²) in [6.07, 6.45) is 1.18. The number of thiazole rings is 1. The van der Waals surface area contributed by atoms with Gasteiger partial charge in [0.1, 0.15) is 10.7 Å². The largest absolute Gasteiger partial charge is 0.477 e. The Kier molecular flexibility index (Phi) is 7.55. The molecule has 0 spiro atoms. The van der Waals surface area contributed by atoms with E-state index in [0.29, 0.717) is 47.9 Å². The highest BCUT2D eigenvalue weighted by Gasteiger charge is 2.32. The Labute approximate surface area is 201 Å². The number of benzene rings is 1. The molecule has 3 rings (SSSR count). The second-order valence-corrected chi connectivity index (χ2v) is 9.80. The molecule has 1 aromatic carbocycles. The van der Waals surface area contributed by atoms with Crippen LogP contribution in [0, 0.1) is 16.7 Å². The van der Waals surface area contributed by atoms with Crippen LogP contribution in [0.1, 0.15) is 41.9 Å². The van der Waals surface area contributed by atoms with E-state index in [-0.39, 0.29) is 35.1 Å². The van der Waals surface area contributed by atoms with Gasteiger partial charge in [-0.3, -0.25) is 15.0 Å². The second kappa shape index (κ2) is 10.2.